The minimum Gasteiger partial charge on any atom is -0.489 e. The summed E-state index contributed by atoms with van der Waals surface area (Å²) >= 11 is 0. The Labute approximate surface area is 165 Å². The van der Waals surface area contributed by atoms with E-state index in [1.54, 1.807) is 6.07 Å². The second-order valence-corrected chi connectivity index (χ2v) is 6.09. The van der Waals surface area contributed by atoms with Gasteiger partial charge in [-0.15, -0.1) is 10.2 Å². The number of halogens is 6. The van der Waals surface area contributed by atoms with E-state index in [0.29, 0.717) is 11.6 Å². The van der Waals surface area contributed by atoms with Crippen molar-refractivity contribution in [3.63, 3.8) is 0 Å². The van der Waals surface area contributed by atoms with Crippen molar-refractivity contribution in [3.05, 3.63) is 59.2 Å². The van der Waals surface area contributed by atoms with Gasteiger partial charge in [0.1, 0.15) is 18.1 Å². The Morgan fingerprint density at radius 3 is 2.23 bits per heavy atom. The first-order chi connectivity index (χ1) is 13.9. The zero-order chi connectivity index (χ0) is 22.1. The maximum atomic E-state index is 13.2. The smallest absolute Gasteiger partial charge is 0.416 e. The van der Waals surface area contributed by atoms with Crippen molar-refractivity contribution in [2.24, 2.45) is 0 Å². The number of aromatic nitrogens is 3. The van der Waals surface area contributed by atoms with Crippen molar-refractivity contribution in [2.75, 3.05) is 11.5 Å². The lowest BCUT2D eigenvalue weighted by Crippen LogP contribution is -2.14. The number of rotatable bonds is 4. The Hall–Kier alpha value is -3.57. The molecule has 3 rings (SSSR count). The van der Waals surface area contributed by atoms with Crippen LogP contribution in [0, 0.1) is 0 Å². The Morgan fingerprint density at radius 1 is 0.867 bits per heavy atom. The molecule has 0 aliphatic heterocycles. The SMILES string of the molecule is Nc1nnc(-c2cccc(OCc3ccc(C(F)(F)F)cc3C(F)(F)F)c2)c(N)n1. The number of ether oxygens (including phenoxy) is 1. The van der Waals surface area contributed by atoms with Crippen LogP contribution in [0.1, 0.15) is 16.7 Å². The first-order valence-corrected chi connectivity index (χ1v) is 8.21. The number of alkyl halides is 6. The van der Waals surface area contributed by atoms with Gasteiger partial charge in [-0.05, 0) is 24.3 Å². The standard InChI is InChI=1S/C18H13F6N5O/c19-17(20,21)11-5-4-10(13(7-11)18(22,23)24)8-30-12-3-1-2-9(6-12)14-15(25)27-16(26)29-28-14/h1-7H,8H2,(H4,25,26,27,29). The molecule has 6 nitrogen and oxygen atoms in total. The molecule has 1 heterocycles. The van der Waals surface area contributed by atoms with Crippen LogP contribution in [0.4, 0.5) is 38.1 Å². The minimum atomic E-state index is -4.98. The average molecular weight is 429 g/mol. The van der Waals surface area contributed by atoms with Crippen LogP contribution in [0.3, 0.4) is 0 Å². The van der Waals surface area contributed by atoms with Crippen LogP contribution in [0.2, 0.25) is 0 Å². The van der Waals surface area contributed by atoms with Crippen molar-refractivity contribution in [2.45, 2.75) is 19.0 Å². The summed E-state index contributed by atoms with van der Waals surface area (Å²) in [6.45, 7) is -0.614. The molecule has 0 saturated heterocycles. The molecule has 0 spiro atoms. The summed E-state index contributed by atoms with van der Waals surface area (Å²) in [7, 11) is 0. The van der Waals surface area contributed by atoms with Gasteiger partial charge in [-0.25, -0.2) is 0 Å². The van der Waals surface area contributed by atoms with Gasteiger partial charge < -0.3 is 16.2 Å². The molecule has 0 bridgehead atoms. The number of hydrogen-bond acceptors (Lipinski definition) is 6. The number of nitrogen functional groups attached to an aromatic ring is 2. The molecule has 1 aromatic heterocycles. The Kier molecular flexibility index (Phi) is 5.42. The number of nitrogens with two attached hydrogens (primary N) is 2. The lowest BCUT2D eigenvalue weighted by molar-refractivity contribution is -0.143. The molecule has 2 aromatic carbocycles. The Morgan fingerprint density at radius 2 is 1.60 bits per heavy atom. The molecule has 4 N–H and O–H groups in total. The predicted octanol–water partition coefficient (Wildman–Crippen LogP) is 4.32. The molecule has 0 aliphatic rings. The second kappa shape index (κ2) is 7.69. The largest absolute Gasteiger partial charge is 0.489 e. The lowest BCUT2D eigenvalue weighted by Gasteiger charge is -2.16. The van der Waals surface area contributed by atoms with E-state index in [2.05, 4.69) is 15.2 Å². The third-order valence-corrected chi connectivity index (χ3v) is 3.97. The molecule has 0 atom stereocenters. The van der Waals surface area contributed by atoms with E-state index >= 15 is 0 Å². The molecule has 0 amide bonds. The maximum Gasteiger partial charge on any atom is 0.416 e. The van der Waals surface area contributed by atoms with E-state index in [9.17, 15) is 26.3 Å². The second-order valence-electron chi connectivity index (χ2n) is 6.09. The van der Waals surface area contributed by atoms with Gasteiger partial charge in [-0.1, -0.05) is 18.2 Å². The summed E-state index contributed by atoms with van der Waals surface area (Å²) in [5.41, 5.74) is 8.44. The van der Waals surface area contributed by atoms with Crippen LogP contribution in [-0.4, -0.2) is 15.2 Å². The highest BCUT2D eigenvalue weighted by Crippen LogP contribution is 2.37. The fourth-order valence-corrected chi connectivity index (χ4v) is 2.59. The molecule has 0 unspecified atom stereocenters. The van der Waals surface area contributed by atoms with Gasteiger partial charge in [-0.2, -0.15) is 31.3 Å². The van der Waals surface area contributed by atoms with Crippen LogP contribution in [-0.2, 0) is 19.0 Å². The summed E-state index contributed by atoms with van der Waals surface area (Å²) in [6, 6.07) is 7.36. The van der Waals surface area contributed by atoms with E-state index in [1.165, 1.54) is 18.2 Å². The Balaban J connectivity index is 1.87. The molecule has 12 heteroatoms. The van der Waals surface area contributed by atoms with E-state index in [0.717, 1.165) is 6.07 Å². The highest BCUT2D eigenvalue weighted by atomic mass is 19.4. The van der Waals surface area contributed by atoms with E-state index in [-0.39, 0.29) is 29.3 Å². The lowest BCUT2D eigenvalue weighted by atomic mass is 10.0. The zero-order valence-corrected chi connectivity index (χ0v) is 14.9. The molecule has 0 radical (unpaired) electrons. The van der Waals surface area contributed by atoms with Gasteiger partial charge in [0.05, 0.1) is 11.1 Å². The highest BCUT2D eigenvalue weighted by molar-refractivity contribution is 5.70. The van der Waals surface area contributed by atoms with Gasteiger partial charge in [0.15, 0.2) is 5.82 Å². The van der Waals surface area contributed by atoms with Crippen LogP contribution in [0.25, 0.3) is 11.3 Å². The van der Waals surface area contributed by atoms with Crippen LogP contribution < -0.4 is 16.2 Å². The van der Waals surface area contributed by atoms with Crippen molar-refractivity contribution in [1.82, 2.24) is 15.2 Å². The van der Waals surface area contributed by atoms with Crippen LogP contribution in [0.5, 0.6) is 5.75 Å². The minimum absolute atomic E-state index is 0.0123. The van der Waals surface area contributed by atoms with Crippen molar-refractivity contribution < 1.29 is 31.1 Å². The van der Waals surface area contributed by atoms with Crippen molar-refractivity contribution in [1.29, 1.82) is 0 Å². The zero-order valence-electron chi connectivity index (χ0n) is 14.9. The molecule has 3 aromatic rings. The average Bonchev–Trinajstić information content (AvgIpc) is 2.65. The monoisotopic (exact) mass is 429 g/mol. The fourth-order valence-electron chi connectivity index (χ4n) is 2.59. The molecule has 158 valence electrons. The third-order valence-electron chi connectivity index (χ3n) is 3.97. The Bertz CT molecular complexity index is 1070. The summed E-state index contributed by atoms with van der Waals surface area (Å²) in [6.07, 6.45) is -9.89. The number of hydrogen-bond donors (Lipinski definition) is 2. The van der Waals surface area contributed by atoms with Crippen molar-refractivity contribution in [3.8, 4) is 17.0 Å². The number of anilines is 2. The molecule has 30 heavy (non-hydrogen) atoms. The first kappa shape index (κ1) is 21.1. The fraction of sp³-hybridized carbons (Fsp3) is 0.167. The number of benzene rings is 2. The normalized spacial score (nSPS) is 12.1. The summed E-state index contributed by atoms with van der Waals surface area (Å²) in [5.74, 6) is -0.00840. The highest BCUT2D eigenvalue weighted by Gasteiger charge is 2.38. The van der Waals surface area contributed by atoms with Gasteiger partial charge in [0.25, 0.3) is 0 Å². The van der Waals surface area contributed by atoms with Gasteiger partial charge in [0.2, 0.25) is 5.95 Å². The summed E-state index contributed by atoms with van der Waals surface area (Å²) in [5, 5.41) is 7.40. The number of nitrogens with zero attached hydrogens (tertiary/aromatic N) is 3. The third kappa shape index (κ3) is 4.70. The van der Waals surface area contributed by atoms with Crippen LogP contribution >= 0.6 is 0 Å². The van der Waals surface area contributed by atoms with E-state index in [1.807, 2.05) is 0 Å². The molecule has 0 aliphatic carbocycles. The molecule has 0 fully saturated rings. The molecule has 0 saturated carbocycles. The predicted molar refractivity (Wildman–Crippen MR) is 94.9 cm³/mol. The molecular weight excluding hydrogens is 416 g/mol. The maximum absolute atomic E-state index is 13.2. The quantitative estimate of drug-likeness (QED) is 0.600. The van der Waals surface area contributed by atoms with E-state index in [4.69, 9.17) is 16.2 Å². The topological polar surface area (TPSA) is 99.9 Å². The van der Waals surface area contributed by atoms with Gasteiger partial charge >= 0.3 is 12.4 Å². The van der Waals surface area contributed by atoms with E-state index < -0.39 is 35.6 Å². The van der Waals surface area contributed by atoms with Gasteiger partial charge in [0, 0.05) is 11.1 Å². The van der Waals surface area contributed by atoms with Crippen LogP contribution in [0.15, 0.2) is 42.5 Å². The van der Waals surface area contributed by atoms with Gasteiger partial charge in [-0.3, -0.25) is 0 Å². The first-order valence-electron chi connectivity index (χ1n) is 8.21. The van der Waals surface area contributed by atoms with Crippen molar-refractivity contribution >= 4 is 11.8 Å². The summed E-state index contributed by atoms with van der Waals surface area (Å²) < 4.78 is 83.4. The summed E-state index contributed by atoms with van der Waals surface area (Å²) in [4.78, 5) is 3.76. The molecular formula is C18H13F6N5O.